The molecule has 0 aromatic heterocycles. The van der Waals surface area contributed by atoms with Crippen molar-refractivity contribution in [3.8, 4) is 23.3 Å². The first-order chi connectivity index (χ1) is 32.8. The van der Waals surface area contributed by atoms with Gasteiger partial charge in [0.15, 0.2) is 28.7 Å². The van der Waals surface area contributed by atoms with Crippen molar-refractivity contribution in [2.45, 2.75) is 130 Å². The third-order valence-corrected chi connectivity index (χ3v) is 14.7. The topological polar surface area (TPSA) is 292 Å². The first kappa shape index (κ1) is 46.4. The predicted molar refractivity (Wildman–Crippen MR) is 238 cm³/mol. The zero-order valence-corrected chi connectivity index (χ0v) is 37.0. The maximum Gasteiger partial charge on any atom is 0.242 e. The van der Waals surface area contributed by atoms with E-state index in [1.165, 1.54) is 24.3 Å². The molecule has 12 unspecified atom stereocenters. The minimum atomic E-state index is -2.44. The van der Waals surface area contributed by atoms with Crippen LogP contribution in [0.1, 0.15) is 106 Å². The number of hydrogen-bond acceptors (Lipinski definition) is 18. The Kier molecular flexibility index (Phi) is 12.4. The van der Waals surface area contributed by atoms with Gasteiger partial charge in [-0.15, -0.1) is 0 Å². The molecule has 1 saturated carbocycles. The van der Waals surface area contributed by atoms with Crippen LogP contribution in [0.5, 0.6) is 11.5 Å². The van der Waals surface area contributed by atoms with E-state index >= 15 is 4.79 Å². The van der Waals surface area contributed by atoms with Crippen molar-refractivity contribution < 1.29 is 68.8 Å². The van der Waals surface area contributed by atoms with Gasteiger partial charge in [-0.3, -0.25) is 30.8 Å². The summed E-state index contributed by atoms with van der Waals surface area (Å²) in [7, 11) is 0. The number of carbonyl (C=O) groups is 4. The number of rotatable bonds is 8. The maximum atomic E-state index is 15.0. The van der Waals surface area contributed by atoms with E-state index in [0.717, 1.165) is 0 Å². The minimum absolute atomic E-state index is 0.0425. The molecule has 1 spiro atoms. The number of nitrogens with one attached hydrogen (secondary N) is 3. The molecular formula is C49H55N5O14. The first-order valence-electron chi connectivity index (χ1n) is 23.2. The van der Waals surface area contributed by atoms with Gasteiger partial charge in [0.25, 0.3) is 0 Å². The second kappa shape index (κ2) is 18.2. The molecule has 10 rings (SSSR count). The van der Waals surface area contributed by atoms with Gasteiger partial charge in [-0.1, -0.05) is 48.9 Å². The van der Waals surface area contributed by atoms with E-state index in [9.17, 15) is 45.0 Å². The molecule has 68 heavy (non-hydrogen) atoms. The van der Waals surface area contributed by atoms with Crippen molar-refractivity contribution in [3.05, 3.63) is 87.5 Å². The summed E-state index contributed by atoms with van der Waals surface area (Å²) < 4.78 is 27.1. The summed E-state index contributed by atoms with van der Waals surface area (Å²) in [5.74, 6) is 1.90. The van der Waals surface area contributed by atoms with Crippen molar-refractivity contribution >= 4 is 29.4 Å². The van der Waals surface area contributed by atoms with Gasteiger partial charge in [0.05, 0.1) is 43.3 Å². The number of carbonyl (C=O) groups excluding carboxylic acids is 4. The zero-order valence-electron chi connectivity index (χ0n) is 37.0. The Labute approximate surface area is 390 Å². The standard InChI is InChI=1S/C49H55N5O14/c50-47-52-43-36(44(63)53-47)51-23-54(43)33-8-2-1-7-29(33)34-25-10-11-26(57)6-5-16-49(64)42(62)39(61)45(68-46(49)48(66-21-25)14-3-4-15-48)67-40-32(34)19-31-35(41(40)65-22-27(58)13-17-55)38(60)30-18-24(20-56)9-12-28(30)37(31)59/h1-2,7-9,12,17-19,25-27,34,36,39,42-43,45-47,51-52,56-58,61-62,64H,3-4,6,10-11,13-15,20-23,50H2,(H,53,63). The predicted octanol–water partition coefficient (Wildman–Crippen LogP) is -0.498. The quantitative estimate of drug-likeness (QED) is 0.0787. The molecule has 19 nitrogen and oxygen atoms in total. The number of aliphatic hydroxyl groups excluding tert-OH is 5. The summed E-state index contributed by atoms with van der Waals surface area (Å²) in [6.07, 6.45) is -8.76. The Morgan fingerprint density at radius 3 is 2.57 bits per heavy atom. The molecule has 5 aliphatic heterocycles. The third kappa shape index (κ3) is 7.77. The fourth-order valence-corrected chi connectivity index (χ4v) is 11.3. The number of nitrogens with zero attached hydrogens (tertiary/aromatic N) is 1. The molecule has 4 fully saturated rings. The minimum Gasteiger partial charge on any atom is -0.486 e. The number of amides is 1. The monoisotopic (exact) mass is 937 g/mol. The summed E-state index contributed by atoms with van der Waals surface area (Å²) >= 11 is 0. The van der Waals surface area contributed by atoms with Crippen LogP contribution in [0.3, 0.4) is 0 Å². The van der Waals surface area contributed by atoms with Gasteiger partial charge in [0.2, 0.25) is 12.2 Å². The van der Waals surface area contributed by atoms with Crippen LogP contribution >= 0.6 is 0 Å². The highest BCUT2D eigenvalue weighted by molar-refractivity contribution is 6.29. The molecule has 360 valence electrons. The second-order valence-electron chi connectivity index (χ2n) is 18.9. The smallest absolute Gasteiger partial charge is 0.242 e. The van der Waals surface area contributed by atoms with Crippen LogP contribution in [0.4, 0.5) is 5.69 Å². The van der Waals surface area contributed by atoms with E-state index in [-0.39, 0.29) is 84.2 Å². The van der Waals surface area contributed by atoms with Gasteiger partial charge in [-0.2, -0.15) is 0 Å². The van der Waals surface area contributed by atoms with E-state index < -0.39 is 103 Å². The zero-order chi connectivity index (χ0) is 47.6. The fourth-order valence-electron chi connectivity index (χ4n) is 11.3. The highest BCUT2D eigenvalue weighted by Gasteiger charge is 2.64. The number of ketones is 2. The lowest BCUT2D eigenvalue weighted by Gasteiger charge is -2.51. The molecule has 1 amide bonds. The molecule has 12 atom stereocenters. The summed E-state index contributed by atoms with van der Waals surface area (Å²) in [5.41, 5.74) is 3.98. The Balaban J connectivity index is 1.27. The van der Waals surface area contributed by atoms with E-state index in [0.29, 0.717) is 48.8 Å². The Hall–Kier alpha value is -5.34. The van der Waals surface area contributed by atoms with Crippen LogP contribution in [0.15, 0.2) is 48.5 Å². The Bertz CT molecular complexity index is 2580. The lowest BCUT2D eigenvalue weighted by atomic mass is 9.73. The number of fused-ring (bicyclic) bond motifs is 7. The second-order valence-corrected chi connectivity index (χ2v) is 18.9. The normalized spacial score (nSPS) is 33.1. The largest absolute Gasteiger partial charge is 0.486 e. The molecule has 11 N–H and O–H groups in total. The molecule has 7 aliphatic rings. The summed E-state index contributed by atoms with van der Waals surface area (Å²) in [4.78, 5) is 56.8. The number of nitrogens with two attached hydrogens (primary N) is 1. The highest BCUT2D eigenvalue weighted by Crippen LogP contribution is 2.54. The number of benzene rings is 3. The summed E-state index contributed by atoms with van der Waals surface area (Å²) in [6, 6.07) is 12.6. The SMILES string of the molecule is NC1NC(=O)C2NCN(c3ccccc3C3c4cc5c(c(OCC(O)CC=O)c4OC4OC6C7(CCCC7)OCC3CCC(O)CC#CC6(O)C(O)C4O)C(=O)c3cc(CO)ccc3C5=O)C2N1. The number of para-hydroxylation sites is 1. The number of hydrogen-bond donors (Lipinski definition) is 10. The molecule has 3 bridgehead atoms. The maximum absolute atomic E-state index is 15.0. The van der Waals surface area contributed by atoms with Gasteiger partial charge in [0.1, 0.15) is 49.7 Å². The lowest BCUT2D eigenvalue weighted by molar-refractivity contribution is -0.329. The van der Waals surface area contributed by atoms with Crippen molar-refractivity contribution in [3.63, 3.8) is 0 Å². The van der Waals surface area contributed by atoms with Gasteiger partial charge in [-0.05, 0) is 67.0 Å². The van der Waals surface area contributed by atoms with E-state index in [1.54, 1.807) is 0 Å². The third-order valence-electron chi connectivity index (χ3n) is 14.7. The molecule has 3 saturated heterocycles. The van der Waals surface area contributed by atoms with Crippen molar-refractivity contribution in [1.82, 2.24) is 16.0 Å². The first-order valence-corrected chi connectivity index (χ1v) is 23.2. The lowest BCUT2D eigenvalue weighted by Crippen LogP contribution is -2.72. The number of aldehydes is 1. The van der Waals surface area contributed by atoms with Crippen LogP contribution in [0.2, 0.25) is 0 Å². The van der Waals surface area contributed by atoms with Crippen LogP contribution in [0, 0.1) is 17.8 Å². The van der Waals surface area contributed by atoms with E-state index in [1.807, 2.05) is 29.2 Å². The van der Waals surface area contributed by atoms with Crippen LogP contribution < -0.4 is 36.1 Å². The summed E-state index contributed by atoms with van der Waals surface area (Å²) in [6.45, 7) is -0.887. The van der Waals surface area contributed by atoms with Gasteiger partial charge < -0.3 is 64.6 Å². The van der Waals surface area contributed by atoms with E-state index in [2.05, 4.69) is 27.8 Å². The van der Waals surface area contributed by atoms with Gasteiger partial charge >= 0.3 is 0 Å². The number of ether oxygens (including phenoxy) is 4. The molecule has 19 heteroatoms. The Morgan fingerprint density at radius 2 is 1.79 bits per heavy atom. The van der Waals surface area contributed by atoms with Crippen molar-refractivity contribution in [1.29, 1.82) is 0 Å². The highest BCUT2D eigenvalue weighted by atomic mass is 16.7. The number of anilines is 1. The van der Waals surface area contributed by atoms with Crippen LogP contribution in [-0.2, 0) is 25.7 Å². The average molecular weight is 938 g/mol. The molecule has 5 heterocycles. The molecule has 3 aromatic carbocycles. The molecule has 2 aliphatic carbocycles. The Morgan fingerprint density at radius 1 is 1.00 bits per heavy atom. The van der Waals surface area contributed by atoms with Crippen LogP contribution in [-0.4, -0.2) is 141 Å². The molecule has 0 radical (unpaired) electrons. The fraction of sp³-hybridized carbons (Fsp3) is 0.510. The number of aliphatic hydroxyl groups is 6. The molecule has 3 aromatic rings. The summed E-state index contributed by atoms with van der Waals surface area (Å²) in [5, 5.41) is 78.6. The van der Waals surface area contributed by atoms with Gasteiger partial charge in [-0.25, -0.2) is 0 Å². The van der Waals surface area contributed by atoms with Crippen molar-refractivity contribution in [2.24, 2.45) is 11.7 Å². The van der Waals surface area contributed by atoms with Crippen molar-refractivity contribution in [2.75, 3.05) is 24.8 Å². The van der Waals surface area contributed by atoms with E-state index in [4.69, 9.17) is 24.7 Å². The molecular weight excluding hydrogens is 883 g/mol. The average Bonchev–Trinajstić information content (AvgIpc) is 3.99. The van der Waals surface area contributed by atoms with Crippen LogP contribution in [0.25, 0.3) is 0 Å². The van der Waals surface area contributed by atoms with Gasteiger partial charge in [0, 0.05) is 46.7 Å².